The Morgan fingerprint density at radius 3 is 2.25 bits per heavy atom. The number of likely N-dealkylation sites (N-methyl/N-ethyl adjacent to an activating group) is 1. The molecule has 70 valence electrons. The summed E-state index contributed by atoms with van der Waals surface area (Å²) in [4.78, 5) is 3.60. The standard InChI is InChI=1S/C7H11F3N2/c1-11-2-6-5(11)3-12(6)4-7(8,9)10/h5-6H,2-4H2,1H3/t5-,6?/m0/s1. The summed E-state index contributed by atoms with van der Waals surface area (Å²) in [6, 6.07) is 0.573. The maximum Gasteiger partial charge on any atom is 0.401 e. The van der Waals surface area contributed by atoms with Crippen molar-refractivity contribution in [2.45, 2.75) is 18.3 Å². The van der Waals surface area contributed by atoms with E-state index in [4.69, 9.17) is 0 Å². The van der Waals surface area contributed by atoms with Gasteiger partial charge in [-0.2, -0.15) is 13.2 Å². The van der Waals surface area contributed by atoms with Gasteiger partial charge in [-0.25, -0.2) is 0 Å². The summed E-state index contributed by atoms with van der Waals surface area (Å²) in [5.74, 6) is 0. The van der Waals surface area contributed by atoms with E-state index in [9.17, 15) is 13.2 Å². The van der Waals surface area contributed by atoms with Crippen molar-refractivity contribution in [2.75, 3.05) is 26.7 Å². The first-order valence-corrected chi connectivity index (χ1v) is 3.98. The van der Waals surface area contributed by atoms with E-state index in [-0.39, 0.29) is 6.04 Å². The first kappa shape index (κ1) is 8.31. The average Bonchev–Trinajstić information content (AvgIpc) is 1.90. The Kier molecular flexibility index (Phi) is 1.63. The number of halogens is 3. The summed E-state index contributed by atoms with van der Waals surface area (Å²) in [5.41, 5.74) is 0. The van der Waals surface area contributed by atoms with Crippen molar-refractivity contribution in [3.63, 3.8) is 0 Å². The van der Waals surface area contributed by atoms with Crippen LogP contribution in [-0.4, -0.2) is 54.7 Å². The van der Waals surface area contributed by atoms with Crippen molar-refractivity contribution in [3.05, 3.63) is 0 Å². The number of alkyl halides is 3. The van der Waals surface area contributed by atoms with E-state index in [1.165, 1.54) is 4.90 Å². The maximum atomic E-state index is 11.9. The van der Waals surface area contributed by atoms with Crippen LogP contribution in [0.15, 0.2) is 0 Å². The second kappa shape index (κ2) is 2.35. The molecule has 0 saturated carbocycles. The van der Waals surface area contributed by atoms with Crippen LogP contribution in [0.5, 0.6) is 0 Å². The topological polar surface area (TPSA) is 6.48 Å². The van der Waals surface area contributed by atoms with Crippen LogP contribution in [0.2, 0.25) is 0 Å². The second-order valence-electron chi connectivity index (χ2n) is 3.62. The zero-order valence-corrected chi connectivity index (χ0v) is 6.80. The highest BCUT2D eigenvalue weighted by Gasteiger charge is 2.52. The van der Waals surface area contributed by atoms with E-state index in [1.54, 1.807) is 0 Å². The summed E-state index contributed by atoms with van der Waals surface area (Å²) in [6.07, 6.45) is -4.03. The lowest BCUT2D eigenvalue weighted by Gasteiger charge is -2.61. The smallest absolute Gasteiger partial charge is 0.299 e. The normalized spacial score (nSPS) is 37.0. The molecule has 0 spiro atoms. The molecule has 2 aliphatic heterocycles. The SMILES string of the molecule is CN1CC2[C@@H]1CN2CC(F)(F)F. The molecule has 0 amide bonds. The molecule has 2 rings (SSSR count). The number of fused-ring (bicyclic) bond motifs is 1. The van der Waals surface area contributed by atoms with Gasteiger partial charge in [0.2, 0.25) is 0 Å². The zero-order valence-electron chi connectivity index (χ0n) is 6.80. The molecule has 5 heteroatoms. The lowest BCUT2D eigenvalue weighted by atomic mass is 9.86. The monoisotopic (exact) mass is 180 g/mol. The molecule has 1 unspecified atom stereocenters. The lowest BCUT2D eigenvalue weighted by Crippen LogP contribution is -2.78. The third kappa shape index (κ3) is 1.21. The number of piperazine rings is 1. The largest absolute Gasteiger partial charge is 0.401 e. The van der Waals surface area contributed by atoms with Gasteiger partial charge in [-0.1, -0.05) is 0 Å². The zero-order chi connectivity index (χ0) is 8.93. The van der Waals surface area contributed by atoms with Gasteiger partial charge in [-0.3, -0.25) is 9.80 Å². The van der Waals surface area contributed by atoms with Crippen molar-refractivity contribution in [2.24, 2.45) is 0 Å². The molecule has 0 radical (unpaired) electrons. The summed E-state index contributed by atoms with van der Waals surface area (Å²) in [6.45, 7) is 0.642. The fourth-order valence-electron chi connectivity index (χ4n) is 1.98. The van der Waals surface area contributed by atoms with Crippen LogP contribution in [0.1, 0.15) is 0 Å². The van der Waals surface area contributed by atoms with Gasteiger partial charge in [0.1, 0.15) is 0 Å². The third-order valence-electron chi connectivity index (χ3n) is 2.76. The quantitative estimate of drug-likeness (QED) is 0.581. The van der Waals surface area contributed by atoms with Crippen LogP contribution in [0.4, 0.5) is 13.2 Å². The molecule has 0 aromatic carbocycles. The van der Waals surface area contributed by atoms with E-state index in [1.807, 2.05) is 7.05 Å². The van der Waals surface area contributed by atoms with Crippen LogP contribution in [-0.2, 0) is 0 Å². The third-order valence-corrected chi connectivity index (χ3v) is 2.76. The fourth-order valence-corrected chi connectivity index (χ4v) is 1.98. The average molecular weight is 180 g/mol. The molecule has 0 bridgehead atoms. The van der Waals surface area contributed by atoms with Crippen LogP contribution in [0.3, 0.4) is 0 Å². The van der Waals surface area contributed by atoms with Crippen molar-refractivity contribution in [1.29, 1.82) is 0 Å². The van der Waals surface area contributed by atoms with Crippen LogP contribution >= 0.6 is 0 Å². The van der Waals surface area contributed by atoms with Crippen molar-refractivity contribution < 1.29 is 13.2 Å². The van der Waals surface area contributed by atoms with E-state index in [2.05, 4.69) is 4.90 Å². The first-order valence-electron chi connectivity index (χ1n) is 3.98. The number of likely N-dealkylation sites (tertiary alicyclic amines) is 2. The molecular weight excluding hydrogens is 169 g/mol. The van der Waals surface area contributed by atoms with E-state index < -0.39 is 12.7 Å². The van der Waals surface area contributed by atoms with E-state index >= 15 is 0 Å². The molecule has 2 atom stereocenters. The Balaban J connectivity index is 1.80. The molecular formula is C7H11F3N2. The Bertz CT molecular complexity index is 192. The van der Waals surface area contributed by atoms with Gasteiger partial charge in [0.05, 0.1) is 6.54 Å². The van der Waals surface area contributed by atoms with Gasteiger partial charge < -0.3 is 0 Å². The molecule has 2 saturated heterocycles. The van der Waals surface area contributed by atoms with Gasteiger partial charge in [0.15, 0.2) is 0 Å². The molecule has 0 aromatic rings. The molecule has 0 N–H and O–H groups in total. The summed E-state index contributed by atoms with van der Waals surface area (Å²) >= 11 is 0. The van der Waals surface area contributed by atoms with Gasteiger partial charge >= 0.3 is 6.18 Å². The highest BCUT2D eigenvalue weighted by atomic mass is 19.4. The first-order chi connectivity index (χ1) is 5.47. The minimum Gasteiger partial charge on any atom is -0.299 e. The molecule has 0 aromatic heterocycles. The Morgan fingerprint density at radius 1 is 1.25 bits per heavy atom. The maximum absolute atomic E-state index is 11.9. The molecule has 12 heavy (non-hydrogen) atoms. The predicted molar refractivity (Wildman–Crippen MR) is 37.8 cm³/mol. The minimum atomic E-state index is -4.03. The van der Waals surface area contributed by atoms with Gasteiger partial charge in [-0.05, 0) is 7.05 Å². The Labute approximate surface area is 68.9 Å². The molecule has 2 heterocycles. The van der Waals surface area contributed by atoms with Crippen molar-refractivity contribution in [3.8, 4) is 0 Å². The predicted octanol–water partition coefficient (Wildman–Crippen LogP) is 0.547. The van der Waals surface area contributed by atoms with Crippen LogP contribution in [0, 0.1) is 0 Å². The van der Waals surface area contributed by atoms with Gasteiger partial charge in [0, 0.05) is 25.2 Å². The van der Waals surface area contributed by atoms with Crippen molar-refractivity contribution in [1.82, 2.24) is 9.80 Å². The lowest BCUT2D eigenvalue weighted by molar-refractivity contribution is -0.196. The summed E-state index contributed by atoms with van der Waals surface area (Å²) < 4.78 is 35.7. The van der Waals surface area contributed by atoms with Crippen molar-refractivity contribution >= 4 is 0 Å². The molecule has 2 nitrogen and oxygen atoms in total. The summed E-state index contributed by atoms with van der Waals surface area (Å²) in [7, 11) is 1.95. The van der Waals surface area contributed by atoms with Gasteiger partial charge in [0.25, 0.3) is 0 Å². The van der Waals surface area contributed by atoms with Crippen LogP contribution < -0.4 is 0 Å². The second-order valence-corrected chi connectivity index (χ2v) is 3.62. The highest BCUT2D eigenvalue weighted by Crippen LogP contribution is 2.34. The number of nitrogens with zero attached hydrogens (tertiary/aromatic N) is 2. The van der Waals surface area contributed by atoms with Crippen LogP contribution in [0.25, 0.3) is 0 Å². The molecule has 2 aliphatic rings. The van der Waals surface area contributed by atoms with Gasteiger partial charge in [-0.15, -0.1) is 0 Å². The Morgan fingerprint density at radius 2 is 1.92 bits per heavy atom. The Hall–Kier alpha value is -0.290. The number of hydrogen-bond acceptors (Lipinski definition) is 2. The summed E-state index contributed by atoms with van der Waals surface area (Å²) in [5, 5.41) is 0. The number of rotatable bonds is 1. The van der Waals surface area contributed by atoms with E-state index in [0.29, 0.717) is 12.6 Å². The number of hydrogen-bond donors (Lipinski definition) is 0. The molecule has 0 aliphatic carbocycles. The minimum absolute atomic E-state index is 0.177. The molecule has 2 fully saturated rings. The fraction of sp³-hybridized carbons (Fsp3) is 1.00. The highest BCUT2D eigenvalue weighted by molar-refractivity contribution is 5.07. The van der Waals surface area contributed by atoms with E-state index in [0.717, 1.165) is 6.54 Å².